The van der Waals surface area contributed by atoms with Gasteiger partial charge in [0, 0.05) is 122 Å². The number of likely N-dealkylation sites (tertiary alicyclic amines) is 2. The van der Waals surface area contributed by atoms with Crippen LogP contribution in [0.5, 0.6) is 0 Å². The number of carbonyl (C=O) groups excluding carboxylic acids is 12. The fourth-order valence-electron chi connectivity index (χ4n) is 14.2. The minimum atomic E-state index is -0.992. The van der Waals surface area contributed by atoms with Gasteiger partial charge in [-0.25, -0.2) is 18.4 Å². The Hall–Kier alpha value is -7.59. The summed E-state index contributed by atoms with van der Waals surface area (Å²) in [7, 11) is 7.68. The van der Waals surface area contributed by atoms with E-state index in [0.29, 0.717) is 74.9 Å². The molecule has 2 saturated heterocycles. The third kappa shape index (κ3) is 25.3. The standard InChI is InChI=1S/C76H116F2N10O15S/c1-15-48(8)68(60(101-13)40-64(93)87-37-21-25-57(87)69(102-14)49(9)70(95)81-35-31-53-55(77)23-19-24-56(53)78)85(11)72(97)54(45(2)3)39-59(90)67(47(6)7)86(12)75(100)103-43-50-27-29-52(30-28-50)83-71(96)51(22-20-34-82-74(79)99)38-58(89)66(46(4)5)84-62(91)26-17-16-18-36-88-65(94)41-61(73(88)98)104-44-76(32-33-76)42-63(92)80-10/h19,23-24,27-30,45-49,51,54,57,60-61,66-69H,15-18,20-22,25-26,31-44H2,1-14H3,(H,80,92)(H,81,95)(H,83,96)(H,84,91)(H3,79,82,99)/t48-,49+,51+,54-,57-,60+,61?,66-,67-,68-,69+/m0/s1. The van der Waals surface area contributed by atoms with Gasteiger partial charge in [0.2, 0.25) is 47.3 Å². The van der Waals surface area contributed by atoms with Crippen molar-refractivity contribution in [1.82, 2.24) is 40.9 Å². The first-order chi connectivity index (χ1) is 49.2. The first-order valence-electron chi connectivity index (χ1n) is 36.9. The number of methoxy groups -OCH3 is 2. The van der Waals surface area contributed by atoms with Gasteiger partial charge >= 0.3 is 12.1 Å². The number of ketones is 2. The number of thioether (sulfide) groups is 1. The summed E-state index contributed by atoms with van der Waals surface area (Å²) in [5, 5.41) is 13.2. The van der Waals surface area contributed by atoms with Crippen molar-refractivity contribution in [2.45, 2.75) is 220 Å². The molecule has 580 valence electrons. The number of Topliss-reactive ketones (excluding diaryl/α,β-unsaturated/α-hetero) is 2. The summed E-state index contributed by atoms with van der Waals surface area (Å²) in [6.07, 6.45) is 3.33. The molecule has 0 bridgehead atoms. The Kier molecular flexibility index (Phi) is 35.1. The summed E-state index contributed by atoms with van der Waals surface area (Å²) < 4.78 is 46.3. The van der Waals surface area contributed by atoms with Crippen LogP contribution in [0.15, 0.2) is 42.5 Å². The summed E-state index contributed by atoms with van der Waals surface area (Å²) in [6, 6.07) is 6.33. The highest BCUT2D eigenvalue weighted by molar-refractivity contribution is 8.00. The van der Waals surface area contributed by atoms with Gasteiger partial charge in [0.1, 0.15) is 18.2 Å². The van der Waals surface area contributed by atoms with E-state index in [4.69, 9.17) is 19.9 Å². The highest BCUT2D eigenvalue weighted by Gasteiger charge is 2.48. The van der Waals surface area contributed by atoms with Crippen molar-refractivity contribution in [2.24, 2.45) is 52.6 Å². The van der Waals surface area contributed by atoms with Gasteiger partial charge in [0.05, 0.1) is 54.0 Å². The molecule has 11 atom stereocenters. The van der Waals surface area contributed by atoms with E-state index >= 15 is 0 Å². The average molecular weight is 1480 g/mol. The number of imide groups is 1. The quantitative estimate of drug-likeness (QED) is 0.0267. The number of hydrogen-bond donors (Lipinski definition) is 6. The van der Waals surface area contributed by atoms with E-state index in [-0.39, 0.29) is 147 Å². The molecular formula is C76H116F2N10O15S. The van der Waals surface area contributed by atoms with Crippen molar-refractivity contribution < 1.29 is 80.5 Å². The molecule has 2 heterocycles. The Morgan fingerprint density at radius 1 is 0.769 bits per heavy atom. The molecule has 104 heavy (non-hydrogen) atoms. The molecule has 11 amide bonds. The first-order valence-corrected chi connectivity index (χ1v) is 37.9. The summed E-state index contributed by atoms with van der Waals surface area (Å²) in [6.45, 7) is 17.0. The number of unbranched alkanes of at least 4 members (excludes halogenated alkanes) is 2. The maximum Gasteiger partial charge on any atom is 0.410 e. The fourth-order valence-corrected chi connectivity index (χ4v) is 15.7. The third-order valence-electron chi connectivity index (χ3n) is 20.8. The van der Waals surface area contributed by atoms with Gasteiger partial charge in [0.15, 0.2) is 11.6 Å². The molecule has 28 heteroatoms. The molecule has 1 saturated carbocycles. The van der Waals surface area contributed by atoms with E-state index < -0.39 is 101 Å². The number of urea groups is 1. The second-order valence-electron chi connectivity index (χ2n) is 29.5. The number of carbonyl (C=O) groups is 12. The van der Waals surface area contributed by atoms with E-state index in [1.165, 1.54) is 48.9 Å². The van der Waals surface area contributed by atoms with Crippen molar-refractivity contribution in [1.29, 1.82) is 0 Å². The van der Waals surface area contributed by atoms with E-state index in [2.05, 4.69) is 26.6 Å². The molecular weight excluding hydrogens is 1360 g/mol. The number of anilines is 1. The van der Waals surface area contributed by atoms with Crippen LogP contribution >= 0.6 is 11.8 Å². The van der Waals surface area contributed by atoms with Gasteiger partial charge in [-0.3, -0.25) is 52.8 Å². The lowest BCUT2D eigenvalue weighted by molar-refractivity contribution is -0.149. The second-order valence-corrected chi connectivity index (χ2v) is 30.7. The van der Waals surface area contributed by atoms with Crippen LogP contribution in [0.1, 0.15) is 176 Å². The molecule has 0 aromatic heterocycles. The number of primary amides is 1. The number of rotatable bonds is 45. The number of halogens is 2. The topological polar surface area (TPSA) is 332 Å². The lowest BCUT2D eigenvalue weighted by Gasteiger charge is -2.41. The van der Waals surface area contributed by atoms with E-state index in [1.54, 1.807) is 82.8 Å². The van der Waals surface area contributed by atoms with Crippen LogP contribution in [0.3, 0.4) is 0 Å². The molecule has 0 radical (unpaired) electrons. The minimum Gasteiger partial charge on any atom is -0.445 e. The van der Waals surface area contributed by atoms with E-state index in [0.717, 1.165) is 25.0 Å². The van der Waals surface area contributed by atoms with Gasteiger partial charge < -0.3 is 61.2 Å². The lowest BCUT2D eigenvalue weighted by Crippen LogP contribution is -2.54. The molecule has 5 rings (SSSR count). The Morgan fingerprint density at radius 3 is 2.03 bits per heavy atom. The number of nitrogens with zero attached hydrogens (tertiary/aromatic N) is 4. The van der Waals surface area contributed by atoms with Gasteiger partial charge in [-0.2, -0.15) is 0 Å². The molecule has 1 aliphatic carbocycles. The SMILES string of the molecule is CC[C@H](C)[C@@H]([C@@H](CC(=O)N1CCC[C@H]1[C@H](OC)[C@@H](C)C(=O)NCCc1c(F)cccc1F)OC)N(C)C(=O)[C@@H](CC(=O)[C@H](C(C)C)N(C)C(=O)OCc1ccc(NC(=O)[C@H](CCCNC(N)=O)CC(=O)[C@@H](NC(=O)CCCCCN2C(=O)CC(SCC3(CC(=O)NC)CC3)C2=O)C(C)C)cc1)C(C)C. The first kappa shape index (κ1) is 87.0. The van der Waals surface area contributed by atoms with Gasteiger partial charge in [-0.15, -0.1) is 11.8 Å². The summed E-state index contributed by atoms with van der Waals surface area (Å²) in [5.41, 5.74) is 5.95. The number of benzene rings is 2. The van der Waals surface area contributed by atoms with E-state index in [9.17, 15) is 66.3 Å². The lowest BCUT2D eigenvalue weighted by atomic mass is 9.83. The molecule has 3 aliphatic rings. The normalized spacial score (nSPS) is 18.2. The van der Waals surface area contributed by atoms with Gasteiger partial charge in [0.25, 0.3) is 0 Å². The number of nitrogens with one attached hydrogen (secondary N) is 5. The predicted octanol–water partition coefficient (Wildman–Crippen LogP) is 8.51. The van der Waals surface area contributed by atoms with Crippen molar-refractivity contribution in [3.63, 3.8) is 0 Å². The Labute approximate surface area is 617 Å². The Morgan fingerprint density at radius 2 is 1.44 bits per heavy atom. The average Bonchev–Trinajstić information content (AvgIpc) is 1.68. The van der Waals surface area contributed by atoms with Crippen LogP contribution in [0.25, 0.3) is 0 Å². The zero-order valence-corrected chi connectivity index (χ0v) is 64.4. The Balaban J connectivity index is 1.14. The van der Waals surface area contributed by atoms with Crippen molar-refractivity contribution in [2.75, 3.05) is 72.6 Å². The molecule has 0 spiro atoms. The molecule has 1 unspecified atom stereocenters. The number of amides is 11. The maximum atomic E-state index is 14.9. The van der Waals surface area contributed by atoms with Crippen LogP contribution in [0, 0.1) is 58.5 Å². The van der Waals surface area contributed by atoms with Crippen LogP contribution < -0.4 is 32.3 Å². The number of hydrogen-bond acceptors (Lipinski definition) is 16. The summed E-state index contributed by atoms with van der Waals surface area (Å²) in [5.74, 6) is -7.52. The van der Waals surface area contributed by atoms with Crippen molar-refractivity contribution in [3.8, 4) is 0 Å². The van der Waals surface area contributed by atoms with Crippen LogP contribution in [0.4, 0.5) is 24.1 Å². The summed E-state index contributed by atoms with van der Waals surface area (Å²) >= 11 is 1.44. The molecule has 7 N–H and O–H groups in total. The number of nitrogens with two attached hydrogens (primary N) is 1. The molecule has 2 aromatic rings. The predicted molar refractivity (Wildman–Crippen MR) is 392 cm³/mol. The van der Waals surface area contributed by atoms with Crippen LogP contribution in [-0.4, -0.2) is 199 Å². The monoisotopic (exact) mass is 1480 g/mol. The van der Waals surface area contributed by atoms with Gasteiger partial charge in [-0.05, 0) is 117 Å². The second kappa shape index (κ2) is 41.9. The molecule has 25 nitrogen and oxygen atoms in total. The minimum absolute atomic E-state index is 0.0163. The van der Waals surface area contributed by atoms with Crippen molar-refractivity contribution >= 4 is 88.4 Å². The van der Waals surface area contributed by atoms with Crippen LogP contribution in [-0.2, 0) is 75.2 Å². The largest absolute Gasteiger partial charge is 0.445 e. The zero-order valence-electron chi connectivity index (χ0n) is 63.5. The smallest absolute Gasteiger partial charge is 0.410 e. The maximum absolute atomic E-state index is 14.9. The number of likely N-dealkylation sites (N-methyl/N-ethyl adjacent to an activating group) is 2. The third-order valence-corrected chi connectivity index (χ3v) is 22.4. The molecule has 2 aromatic carbocycles. The van der Waals surface area contributed by atoms with Crippen molar-refractivity contribution in [3.05, 3.63) is 65.2 Å². The highest BCUT2D eigenvalue weighted by atomic mass is 32.2. The molecule has 2 aliphatic heterocycles. The highest BCUT2D eigenvalue weighted by Crippen LogP contribution is 2.52. The number of ether oxygens (including phenoxy) is 3. The Bertz CT molecular complexity index is 3250. The molecule has 3 fully saturated rings. The zero-order chi connectivity index (χ0) is 77.3. The van der Waals surface area contributed by atoms with Gasteiger partial charge in [-0.1, -0.05) is 93.4 Å². The van der Waals surface area contributed by atoms with Crippen LogP contribution in [0.2, 0.25) is 0 Å². The van der Waals surface area contributed by atoms with E-state index in [1.807, 2.05) is 27.7 Å². The fraction of sp³-hybridized carbons (Fsp3) is 0.684. The summed E-state index contributed by atoms with van der Waals surface area (Å²) in [4.78, 5) is 168.